The summed E-state index contributed by atoms with van der Waals surface area (Å²) >= 11 is 2.28. The Bertz CT molecular complexity index is 4450. The Morgan fingerprint density at radius 3 is 1.98 bits per heavy atom. The van der Waals surface area contributed by atoms with Crippen LogP contribution in [0.25, 0.3) is 37.7 Å². The van der Waals surface area contributed by atoms with Gasteiger partial charge in [-0.05, 0) is 92.3 Å². The van der Waals surface area contributed by atoms with Gasteiger partial charge in [-0.25, -0.2) is 9.97 Å². The Morgan fingerprint density at radius 1 is 0.738 bits per heavy atom. The highest BCUT2D eigenvalue weighted by molar-refractivity contribution is 7.99. The van der Waals surface area contributed by atoms with Crippen LogP contribution in [0.4, 0.5) is 33.6 Å². The Kier molecular flexibility index (Phi) is 20.0. The molecule has 3 heterocycles. The highest BCUT2D eigenvalue weighted by atomic mass is 32.2. The summed E-state index contributed by atoms with van der Waals surface area (Å²) in [7, 11) is -17.9. The highest BCUT2D eigenvalue weighted by Crippen LogP contribution is 2.44. The van der Waals surface area contributed by atoms with E-state index in [1.165, 1.54) is 35.4 Å². The highest BCUT2D eigenvalue weighted by Gasteiger charge is 2.23. The van der Waals surface area contributed by atoms with Crippen molar-refractivity contribution >= 4 is 146 Å². The smallest absolute Gasteiger partial charge is 0.425 e. The van der Waals surface area contributed by atoms with Crippen molar-refractivity contribution in [1.29, 1.82) is 5.26 Å². The molecule has 80 heavy (non-hydrogen) atoms. The van der Waals surface area contributed by atoms with Gasteiger partial charge in [0.25, 0.3) is 30.4 Å². The first-order chi connectivity index (χ1) is 37.6. The molecule has 35 heteroatoms. The van der Waals surface area contributed by atoms with Crippen molar-refractivity contribution in [3.8, 4) is 23.4 Å². The number of imidazole rings is 1. The van der Waals surface area contributed by atoms with Gasteiger partial charge in [-0.3, -0.25) is 18.1 Å². The van der Waals surface area contributed by atoms with Gasteiger partial charge in [0, 0.05) is 28.0 Å². The first-order valence-electron chi connectivity index (χ1n) is 22.2. The molecule has 0 aliphatic heterocycles. The van der Waals surface area contributed by atoms with Crippen molar-refractivity contribution in [1.82, 2.24) is 14.4 Å². The van der Waals surface area contributed by atoms with Gasteiger partial charge >= 0.3 is 21.2 Å². The standard InChI is InChI=1S/C45H40N10O12S5.2O3S/c1-24-17-34(51-53-40-26(3)30(23-46)43-47-33-20-28(66-4)11-12-36(33)55(43)44(40)56)37(67-13-7-15-70(57,58)59)21-31(24)49-52-35-18-25(2)32(22-38(35)68-14-8-16-71(60,61)62)50-54-45-48-41-39(72(63,64)65)19-27-9-5-6-10-29(27)42(41)69-45;2*1-4(2)3/h5-6,9-12,17-22,56H,7-8,13-16H2,1-4H3,(H,57,58,59)(H,60,61,62)(H,63,64,65);;. The number of rotatable bonds is 18. The fourth-order valence-electron chi connectivity index (χ4n) is 7.40. The van der Waals surface area contributed by atoms with Crippen LogP contribution in [0.1, 0.15) is 35.1 Å². The number of fused-ring (bicyclic) bond motifs is 6. The zero-order valence-electron chi connectivity index (χ0n) is 41.5. The maximum atomic E-state index is 12.4. The minimum Gasteiger partial charge on any atom is -0.497 e. The number of thiazole rings is 1. The number of methoxy groups -OCH3 is 1. The third-order valence-corrected chi connectivity index (χ3v) is 15.5. The molecule has 5 aromatic carbocycles. The largest absolute Gasteiger partial charge is 0.497 e. The first-order valence-corrected chi connectivity index (χ1v) is 30.7. The molecule has 8 aromatic rings. The average molecular weight is 1230 g/mol. The summed E-state index contributed by atoms with van der Waals surface area (Å²) in [6.07, 6.45) is -0.0333. The van der Waals surface area contributed by atoms with E-state index >= 15 is 0 Å². The maximum Gasteiger partial charge on any atom is 0.425 e. The van der Waals surface area contributed by atoms with Crippen LogP contribution in [0.3, 0.4) is 0 Å². The first kappa shape index (κ1) is 61.4. The number of aromatic hydroxyl groups is 1. The van der Waals surface area contributed by atoms with Crippen molar-refractivity contribution in [3.05, 3.63) is 95.1 Å². The summed E-state index contributed by atoms with van der Waals surface area (Å²) in [6, 6.07) is 21.9. The summed E-state index contributed by atoms with van der Waals surface area (Å²) < 4.78 is 163. The van der Waals surface area contributed by atoms with E-state index in [4.69, 9.17) is 34.7 Å². The van der Waals surface area contributed by atoms with E-state index in [2.05, 4.69) is 46.7 Å². The average Bonchev–Trinajstić information content (AvgIpc) is 4.21. The van der Waals surface area contributed by atoms with E-state index in [0.717, 1.165) is 11.3 Å². The predicted octanol–water partition coefficient (Wildman–Crippen LogP) is 9.27. The molecular formula is C45H40N10O18S7. The zero-order valence-corrected chi connectivity index (χ0v) is 47.2. The van der Waals surface area contributed by atoms with Crippen LogP contribution in [0.15, 0.2) is 113 Å². The Hall–Kier alpha value is -7.79. The van der Waals surface area contributed by atoms with E-state index in [1.54, 1.807) is 81.4 Å². The minimum absolute atomic E-state index is 0.0302. The van der Waals surface area contributed by atoms with Gasteiger partial charge in [-0.2, -0.15) is 35.6 Å². The number of azo groups is 3. The molecule has 0 saturated heterocycles. The van der Waals surface area contributed by atoms with Crippen LogP contribution in [0, 0.1) is 32.1 Å². The molecular weight excluding hydrogens is 1190 g/mol. The molecule has 0 radical (unpaired) electrons. The summed E-state index contributed by atoms with van der Waals surface area (Å²) in [6.45, 7) is 4.82. The number of nitriles is 1. The lowest BCUT2D eigenvalue weighted by atomic mass is 10.1. The number of thioether (sulfide) groups is 1. The molecule has 28 nitrogen and oxygen atoms in total. The third kappa shape index (κ3) is 15.9. The molecule has 0 saturated carbocycles. The molecule has 0 aliphatic carbocycles. The second-order valence-electron chi connectivity index (χ2n) is 16.4. The maximum absolute atomic E-state index is 12.4. The molecule has 0 atom stereocenters. The van der Waals surface area contributed by atoms with Crippen LogP contribution >= 0.6 is 23.1 Å². The number of aromatic nitrogens is 3. The van der Waals surface area contributed by atoms with Crippen LogP contribution in [-0.2, 0) is 51.6 Å². The summed E-state index contributed by atoms with van der Waals surface area (Å²) in [5.74, 6) is -0.649. The molecule has 3 aromatic heterocycles. The molecule has 0 fully saturated rings. The quantitative estimate of drug-likeness (QED) is 0.0269. The number of aryl methyl sites for hydroxylation is 2. The predicted molar refractivity (Wildman–Crippen MR) is 290 cm³/mol. The topological polar surface area (TPSA) is 432 Å². The van der Waals surface area contributed by atoms with Gasteiger partial charge in [0.2, 0.25) is 11.0 Å². The molecule has 0 unspecified atom stereocenters. The third-order valence-electron chi connectivity index (χ3n) is 10.9. The van der Waals surface area contributed by atoms with Crippen LogP contribution in [-0.4, -0.2) is 115 Å². The molecule has 0 spiro atoms. The Balaban J connectivity index is 0.00000121. The number of hydrogen-bond donors (Lipinski definition) is 4. The second-order valence-corrected chi connectivity index (χ2v) is 23.8. The lowest BCUT2D eigenvalue weighted by molar-refractivity contribution is 0.317. The fraction of sp³-hybridized carbons (Fsp3) is 0.222. The lowest BCUT2D eigenvalue weighted by Crippen LogP contribution is -2.08. The van der Waals surface area contributed by atoms with E-state index < -0.39 is 63.1 Å². The normalized spacial score (nSPS) is 12.0. The van der Waals surface area contributed by atoms with Gasteiger partial charge < -0.3 is 14.6 Å². The van der Waals surface area contributed by atoms with Crippen molar-refractivity contribution in [2.24, 2.45) is 30.7 Å². The summed E-state index contributed by atoms with van der Waals surface area (Å²) in [5.41, 5.74) is 3.63. The van der Waals surface area contributed by atoms with E-state index in [0.29, 0.717) is 59.7 Å². The number of benzene rings is 5. The van der Waals surface area contributed by atoms with Gasteiger partial charge in [0.1, 0.15) is 39.2 Å². The van der Waals surface area contributed by atoms with E-state index in [-0.39, 0.29) is 86.2 Å². The van der Waals surface area contributed by atoms with Crippen molar-refractivity contribution in [3.63, 3.8) is 0 Å². The number of nitrogens with zero attached hydrogens (tertiary/aromatic N) is 10. The van der Waals surface area contributed by atoms with E-state index in [1.807, 2.05) is 0 Å². The number of hydrogen-bond acceptors (Lipinski definition) is 26. The molecule has 0 aliphatic rings. The van der Waals surface area contributed by atoms with Gasteiger partial charge in [0.15, 0.2) is 11.3 Å². The molecule has 0 amide bonds. The number of pyridine rings is 1. The van der Waals surface area contributed by atoms with Crippen LogP contribution in [0.5, 0.6) is 17.4 Å². The van der Waals surface area contributed by atoms with Gasteiger partial charge in [-0.1, -0.05) is 35.6 Å². The monoisotopic (exact) mass is 1230 g/mol. The Morgan fingerprint density at radius 2 is 1.34 bits per heavy atom. The Labute approximate surface area is 465 Å². The second kappa shape index (κ2) is 26.0. The zero-order chi connectivity index (χ0) is 58.9. The molecule has 4 N–H and O–H groups in total. The van der Waals surface area contributed by atoms with Gasteiger partial charge in [0.05, 0.1) is 58.0 Å². The summed E-state index contributed by atoms with van der Waals surface area (Å²) in [5, 5.41) is 49.7. The number of ether oxygens (including phenoxy) is 2. The van der Waals surface area contributed by atoms with Crippen LogP contribution in [0.2, 0.25) is 0 Å². The summed E-state index contributed by atoms with van der Waals surface area (Å²) in [4.78, 5) is 9.05. The van der Waals surface area contributed by atoms with Gasteiger partial charge in [-0.15, -0.1) is 62.6 Å². The SMILES string of the molecule is COc1ccc2c(c1)nc1c(C#N)c(C)c(N=Nc3cc(C)c(N=Nc4cc(C)c(N=Nc5nc6c(S(=O)(=O)O)cc7ccccc7c6s5)cc4SCCCS(=O)(=O)O)cc3OCCCS(=O)(=O)O)c(O)n12.O=S(=O)=O.O=S(=O)=O. The van der Waals surface area contributed by atoms with Crippen molar-refractivity contribution in [2.45, 2.75) is 43.4 Å². The van der Waals surface area contributed by atoms with E-state index in [9.17, 15) is 49.3 Å². The minimum atomic E-state index is -4.66. The molecule has 420 valence electrons. The van der Waals surface area contributed by atoms with Crippen LogP contribution < -0.4 is 9.47 Å². The van der Waals surface area contributed by atoms with Crippen molar-refractivity contribution in [2.75, 3.05) is 31.0 Å². The molecule has 8 rings (SSSR count). The molecule has 0 bridgehead atoms. The fourth-order valence-corrected chi connectivity index (χ4v) is 11.2. The lowest BCUT2D eigenvalue weighted by Gasteiger charge is -2.12. The van der Waals surface area contributed by atoms with Crippen molar-refractivity contribution < 1.29 is 78.7 Å².